The molecule has 0 amide bonds. The molecular weight excluding hydrogens is 344 g/mol. The number of fused-ring (bicyclic) bond motifs is 3. The molecule has 2 aromatic heterocycles. The number of benzene rings is 2. The highest BCUT2D eigenvalue weighted by molar-refractivity contribution is 6.32. The molecule has 4 aromatic rings. The summed E-state index contributed by atoms with van der Waals surface area (Å²) < 4.78 is 0. The molecule has 0 atom stereocenters. The van der Waals surface area contributed by atoms with E-state index in [1.807, 2.05) is 56.4 Å². The topological polar surface area (TPSA) is 66.7 Å². The summed E-state index contributed by atoms with van der Waals surface area (Å²) in [5.41, 5.74) is 10.8. The van der Waals surface area contributed by atoms with Gasteiger partial charge in [-0.2, -0.15) is 0 Å². The lowest BCUT2D eigenvalue weighted by Gasteiger charge is -2.09. The second-order valence-corrected chi connectivity index (χ2v) is 6.13. The van der Waals surface area contributed by atoms with Crippen LogP contribution < -0.4 is 11.1 Å². The lowest BCUT2D eigenvalue weighted by atomic mass is 10.0. The third kappa shape index (κ3) is 3.52. The molecule has 0 saturated carbocycles. The van der Waals surface area contributed by atoms with E-state index < -0.39 is 0 Å². The molecule has 26 heavy (non-hydrogen) atoms. The molecule has 0 aliphatic rings. The fraction of sp³-hybridized carbons (Fsp3) is 0.190. The van der Waals surface area contributed by atoms with Gasteiger partial charge in [-0.3, -0.25) is 0 Å². The van der Waals surface area contributed by atoms with Gasteiger partial charge in [-0.25, -0.2) is 4.98 Å². The molecular formula is C21H23ClN4. The van der Waals surface area contributed by atoms with Crippen molar-refractivity contribution >= 4 is 39.2 Å². The largest absolute Gasteiger partial charge is 0.384 e. The Kier molecular flexibility index (Phi) is 5.76. The number of nitrogens with two attached hydrogens (primary N) is 1. The lowest BCUT2D eigenvalue weighted by Crippen LogP contribution is -2.12. The van der Waals surface area contributed by atoms with Crippen LogP contribution in [0.1, 0.15) is 13.8 Å². The number of H-pyrrole nitrogens is 1. The first kappa shape index (κ1) is 18.2. The van der Waals surface area contributed by atoms with Crippen LogP contribution in [0.2, 0.25) is 5.02 Å². The fourth-order valence-electron chi connectivity index (χ4n) is 3.04. The van der Waals surface area contributed by atoms with Crippen molar-refractivity contribution in [1.82, 2.24) is 9.97 Å². The Morgan fingerprint density at radius 1 is 1.12 bits per heavy atom. The normalized spacial score (nSPS) is 10.6. The van der Waals surface area contributed by atoms with E-state index in [-0.39, 0.29) is 0 Å². The summed E-state index contributed by atoms with van der Waals surface area (Å²) in [4.78, 5) is 7.84. The smallest absolute Gasteiger partial charge is 0.138 e. The Labute approximate surface area is 158 Å². The van der Waals surface area contributed by atoms with Crippen LogP contribution in [0.15, 0.2) is 54.7 Å². The van der Waals surface area contributed by atoms with Crippen LogP contribution in [0, 0.1) is 0 Å². The van der Waals surface area contributed by atoms with Gasteiger partial charge in [0.1, 0.15) is 5.65 Å². The van der Waals surface area contributed by atoms with Crippen molar-refractivity contribution in [2.75, 3.05) is 18.4 Å². The molecule has 0 aliphatic heterocycles. The molecule has 0 saturated heterocycles. The highest BCUT2D eigenvalue weighted by Gasteiger charge is 2.12. The third-order valence-electron chi connectivity index (χ3n) is 4.10. The van der Waals surface area contributed by atoms with Crippen LogP contribution in [0.4, 0.5) is 5.69 Å². The van der Waals surface area contributed by atoms with Gasteiger partial charge in [0.2, 0.25) is 0 Å². The Balaban J connectivity index is 0.000000948. The maximum absolute atomic E-state index is 6.20. The van der Waals surface area contributed by atoms with Crippen molar-refractivity contribution in [2.45, 2.75) is 13.8 Å². The molecule has 0 bridgehead atoms. The van der Waals surface area contributed by atoms with Crippen LogP contribution in [0.3, 0.4) is 0 Å². The van der Waals surface area contributed by atoms with Crippen LogP contribution >= 0.6 is 11.6 Å². The number of pyridine rings is 1. The van der Waals surface area contributed by atoms with Crippen LogP contribution in [-0.2, 0) is 0 Å². The number of hydrogen-bond donors (Lipinski definition) is 3. The number of rotatable bonds is 4. The van der Waals surface area contributed by atoms with E-state index in [1.165, 1.54) is 0 Å². The Morgan fingerprint density at radius 2 is 1.96 bits per heavy atom. The second kappa shape index (κ2) is 8.21. The summed E-state index contributed by atoms with van der Waals surface area (Å²) in [5, 5.41) is 6.22. The summed E-state index contributed by atoms with van der Waals surface area (Å²) in [7, 11) is 0. The second-order valence-electron chi connectivity index (χ2n) is 5.69. The SMILES string of the molecule is CC.NCCNc1cccc(-c2ccnc3[nH]c4ccc(Cl)cc4c23)c1. The zero-order valence-corrected chi connectivity index (χ0v) is 15.8. The Bertz CT molecular complexity index is 1020. The summed E-state index contributed by atoms with van der Waals surface area (Å²) >= 11 is 6.20. The summed E-state index contributed by atoms with van der Waals surface area (Å²) in [6.45, 7) is 5.35. The van der Waals surface area contributed by atoms with Gasteiger partial charge in [-0.15, -0.1) is 0 Å². The number of anilines is 1. The standard InChI is InChI=1S/C19H17ClN4.C2H6/c20-13-4-5-17-16(11-13)18-15(6-8-23-19(18)24-17)12-2-1-3-14(10-12)22-9-7-21;1-2/h1-6,8,10-11,22H,7,9,21H2,(H,23,24);1-2H3. The van der Waals surface area contributed by atoms with Gasteiger partial charge in [0, 0.05) is 46.3 Å². The van der Waals surface area contributed by atoms with Gasteiger partial charge in [-0.05, 0) is 47.5 Å². The number of halogens is 1. The van der Waals surface area contributed by atoms with Gasteiger partial charge in [-0.1, -0.05) is 37.6 Å². The van der Waals surface area contributed by atoms with E-state index in [9.17, 15) is 0 Å². The minimum absolute atomic E-state index is 0.602. The highest BCUT2D eigenvalue weighted by Crippen LogP contribution is 2.35. The van der Waals surface area contributed by atoms with E-state index in [0.717, 1.165) is 50.3 Å². The average molecular weight is 367 g/mol. The number of nitrogens with zero attached hydrogens (tertiary/aromatic N) is 1. The van der Waals surface area contributed by atoms with E-state index in [0.29, 0.717) is 6.54 Å². The lowest BCUT2D eigenvalue weighted by molar-refractivity contribution is 1.02. The average Bonchev–Trinajstić information content (AvgIpc) is 3.06. The first-order chi connectivity index (χ1) is 12.8. The van der Waals surface area contributed by atoms with Crippen LogP contribution in [0.5, 0.6) is 0 Å². The van der Waals surface area contributed by atoms with Crippen molar-refractivity contribution in [3.8, 4) is 11.1 Å². The van der Waals surface area contributed by atoms with Crippen LogP contribution in [0.25, 0.3) is 33.1 Å². The number of aromatic amines is 1. The van der Waals surface area contributed by atoms with Gasteiger partial charge in [0.25, 0.3) is 0 Å². The molecule has 134 valence electrons. The third-order valence-corrected chi connectivity index (χ3v) is 4.34. The first-order valence-corrected chi connectivity index (χ1v) is 9.24. The minimum Gasteiger partial charge on any atom is -0.384 e. The number of hydrogen-bond acceptors (Lipinski definition) is 3. The summed E-state index contributed by atoms with van der Waals surface area (Å²) in [5.74, 6) is 0. The molecule has 0 radical (unpaired) electrons. The molecule has 0 unspecified atom stereocenters. The van der Waals surface area contributed by atoms with E-state index in [2.05, 4.69) is 27.4 Å². The number of nitrogens with one attached hydrogen (secondary N) is 2. The molecule has 0 spiro atoms. The quantitative estimate of drug-likeness (QED) is 0.451. The highest BCUT2D eigenvalue weighted by atomic mass is 35.5. The Morgan fingerprint density at radius 3 is 2.77 bits per heavy atom. The van der Waals surface area contributed by atoms with Crippen molar-refractivity contribution in [3.63, 3.8) is 0 Å². The molecule has 2 aromatic carbocycles. The molecule has 5 heteroatoms. The molecule has 0 aliphatic carbocycles. The summed E-state index contributed by atoms with van der Waals surface area (Å²) in [6.07, 6.45) is 1.83. The first-order valence-electron chi connectivity index (χ1n) is 8.86. The van der Waals surface area contributed by atoms with Crippen molar-refractivity contribution < 1.29 is 0 Å². The molecule has 2 heterocycles. The molecule has 0 fully saturated rings. The van der Waals surface area contributed by atoms with Gasteiger partial charge >= 0.3 is 0 Å². The van der Waals surface area contributed by atoms with E-state index in [1.54, 1.807) is 0 Å². The predicted octanol–water partition coefficient (Wildman–Crippen LogP) is 5.43. The zero-order valence-electron chi connectivity index (χ0n) is 15.0. The van der Waals surface area contributed by atoms with Gasteiger partial charge in [0.15, 0.2) is 0 Å². The van der Waals surface area contributed by atoms with E-state index >= 15 is 0 Å². The molecule has 4 rings (SSSR count). The van der Waals surface area contributed by atoms with Crippen LogP contribution in [-0.4, -0.2) is 23.1 Å². The van der Waals surface area contributed by atoms with Crippen molar-refractivity contribution in [2.24, 2.45) is 5.73 Å². The van der Waals surface area contributed by atoms with Gasteiger partial charge < -0.3 is 16.0 Å². The number of aromatic nitrogens is 2. The zero-order chi connectivity index (χ0) is 18.5. The maximum Gasteiger partial charge on any atom is 0.138 e. The molecule has 4 nitrogen and oxygen atoms in total. The van der Waals surface area contributed by atoms with E-state index in [4.69, 9.17) is 17.3 Å². The monoisotopic (exact) mass is 366 g/mol. The fourth-order valence-corrected chi connectivity index (χ4v) is 3.21. The van der Waals surface area contributed by atoms with Gasteiger partial charge in [0.05, 0.1) is 0 Å². The Hall–Kier alpha value is -2.56. The minimum atomic E-state index is 0.602. The maximum atomic E-state index is 6.20. The van der Waals surface area contributed by atoms with Crippen molar-refractivity contribution in [3.05, 3.63) is 59.8 Å². The molecule has 4 N–H and O–H groups in total. The van der Waals surface area contributed by atoms with Crippen molar-refractivity contribution in [1.29, 1.82) is 0 Å². The summed E-state index contributed by atoms with van der Waals surface area (Å²) in [6, 6.07) is 16.2. The predicted molar refractivity (Wildman–Crippen MR) is 113 cm³/mol.